The molecule has 6 heteroatoms. The van der Waals surface area contributed by atoms with Crippen molar-refractivity contribution < 1.29 is 14.3 Å². The minimum absolute atomic E-state index is 0.0508. The zero-order valence-corrected chi connectivity index (χ0v) is 17.2. The van der Waals surface area contributed by atoms with Crippen molar-refractivity contribution in [2.75, 3.05) is 45.8 Å². The lowest BCUT2D eigenvalue weighted by molar-refractivity contribution is -0.125. The van der Waals surface area contributed by atoms with E-state index in [1.807, 2.05) is 62.6 Å². The molecule has 1 amide bonds. The van der Waals surface area contributed by atoms with Crippen LogP contribution in [0.2, 0.25) is 5.02 Å². The summed E-state index contributed by atoms with van der Waals surface area (Å²) in [6.07, 6.45) is 1.21. The zero-order chi connectivity index (χ0) is 20.0. The molecule has 0 aromatic heterocycles. The van der Waals surface area contributed by atoms with Gasteiger partial charge in [0.15, 0.2) is 0 Å². The molecule has 1 saturated heterocycles. The highest BCUT2D eigenvalue weighted by Crippen LogP contribution is 2.39. The van der Waals surface area contributed by atoms with Crippen LogP contribution in [0.1, 0.15) is 18.4 Å². The number of likely N-dealkylation sites (N-methyl/N-ethyl adjacent to an activating group) is 1. The number of anilines is 1. The normalized spacial score (nSPS) is 16.0. The Labute approximate surface area is 171 Å². The summed E-state index contributed by atoms with van der Waals surface area (Å²) in [6.45, 7) is 2.55. The Hall–Kier alpha value is -2.08. The van der Waals surface area contributed by atoms with Crippen molar-refractivity contribution >= 4 is 23.2 Å². The second-order valence-electron chi connectivity index (χ2n) is 7.30. The van der Waals surface area contributed by atoms with E-state index in [4.69, 9.17) is 21.1 Å². The lowest BCUT2D eigenvalue weighted by Gasteiger charge is -2.36. The van der Waals surface area contributed by atoms with Gasteiger partial charge in [-0.15, -0.1) is 0 Å². The summed E-state index contributed by atoms with van der Waals surface area (Å²) in [5.74, 6) is 0.733. The highest BCUT2D eigenvalue weighted by atomic mass is 35.5. The van der Waals surface area contributed by atoms with Gasteiger partial charge in [0.2, 0.25) is 5.91 Å². The van der Waals surface area contributed by atoms with Gasteiger partial charge in [0, 0.05) is 30.5 Å². The maximum absolute atomic E-state index is 13.3. The van der Waals surface area contributed by atoms with E-state index in [0.717, 1.165) is 23.5 Å². The summed E-state index contributed by atoms with van der Waals surface area (Å²) in [7, 11) is 4.01. The number of carbonyl (C=O) groups is 1. The van der Waals surface area contributed by atoms with Crippen LogP contribution in [0.3, 0.4) is 0 Å². The number of nitrogens with one attached hydrogen (secondary N) is 1. The summed E-state index contributed by atoms with van der Waals surface area (Å²) in [4.78, 5) is 15.4. The summed E-state index contributed by atoms with van der Waals surface area (Å²) < 4.78 is 11.2. The Morgan fingerprint density at radius 3 is 2.46 bits per heavy atom. The van der Waals surface area contributed by atoms with Gasteiger partial charge in [-0.05, 0) is 62.8 Å². The van der Waals surface area contributed by atoms with Crippen molar-refractivity contribution in [2.24, 2.45) is 0 Å². The van der Waals surface area contributed by atoms with E-state index in [-0.39, 0.29) is 5.91 Å². The van der Waals surface area contributed by atoms with Gasteiger partial charge in [-0.2, -0.15) is 0 Å². The van der Waals surface area contributed by atoms with Crippen molar-refractivity contribution in [2.45, 2.75) is 18.3 Å². The van der Waals surface area contributed by atoms with Crippen LogP contribution in [0.5, 0.6) is 5.75 Å². The third-order valence-electron chi connectivity index (χ3n) is 5.09. The van der Waals surface area contributed by atoms with E-state index in [1.165, 1.54) is 0 Å². The standard InChI is InChI=1S/C22H27ClN2O3/c1-25(2)13-16-28-18-9-7-17(8-10-18)24-21(26)22(11-14-27-15-12-22)19-5-3-4-6-20(19)23/h3-10H,11-16H2,1-2H3,(H,24,26). The summed E-state index contributed by atoms with van der Waals surface area (Å²) in [5, 5.41) is 3.68. The molecule has 5 nitrogen and oxygen atoms in total. The van der Waals surface area contributed by atoms with Gasteiger partial charge in [0.1, 0.15) is 12.4 Å². The number of nitrogens with zero attached hydrogens (tertiary/aromatic N) is 1. The SMILES string of the molecule is CN(C)CCOc1ccc(NC(=O)C2(c3ccccc3Cl)CCOCC2)cc1. The first-order valence-electron chi connectivity index (χ1n) is 9.53. The molecule has 0 aliphatic carbocycles. The number of carbonyl (C=O) groups excluding carboxylic acids is 1. The Balaban J connectivity index is 1.73. The Morgan fingerprint density at radius 2 is 1.82 bits per heavy atom. The molecule has 28 heavy (non-hydrogen) atoms. The monoisotopic (exact) mass is 402 g/mol. The molecule has 2 aromatic rings. The number of benzene rings is 2. The Bertz CT molecular complexity index is 787. The average Bonchev–Trinajstić information content (AvgIpc) is 2.70. The molecule has 1 N–H and O–H groups in total. The maximum Gasteiger partial charge on any atom is 0.235 e. The highest BCUT2D eigenvalue weighted by Gasteiger charge is 2.43. The van der Waals surface area contributed by atoms with Crippen LogP contribution >= 0.6 is 11.6 Å². The van der Waals surface area contributed by atoms with Gasteiger partial charge >= 0.3 is 0 Å². The molecule has 1 heterocycles. The van der Waals surface area contributed by atoms with Gasteiger partial charge in [0.25, 0.3) is 0 Å². The molecular formula is C22H27ClN2O3. The Morgan fingerprint density at radius 1 is 1.14 bits per heavy atom. The second kappa shape index (κ2) is 9.41. The molecule has 0 spiro atoms. The summed E-state index contributed by atoms with van der Waals surface area (Å²) in [5.41, 5.74) is 0.918. The third-order valence-corrected chi connectivity index (χ3v) is 5.42. The first-order valence-corrected chi connectivity index (χ1v) is 9.91. The molecular weight excluding hydrogens is 376 g/mol. The van der Waals surface area contributed by atoms with Crippen LogP contribution in [-0.2, 0) is 14.9 Å². The van der Waals surface area contributed by atoms with Crippen LogP contribution in [0, 0.1) is 0 Å². The minimum Gasteiger partial charge on any atom is -0.492 e. The highest BCUT2D eigenvalue weighted by molar-refractivity contribution is 6.31. The number of hydrogen-bond acceptors (Lipinski definition) is 4. The predicted molar refractivity (Wildman–Crippen MR) is 112 cm³/mol. The van der Waals surface area contributed by atoms with E-state index in [2.05, 4.69) is 10.2 Å². The number of amides is 1. The number of ether oxygens (including phenoxy) is 2. The lowest BCUT2D eigenvalue weighted by atomic mass is 9.73. The summed E-state index contributed by atoms with van der Waals surface area (Å²) in [6, 6.07) is 15.0. The van der Waals surface area contributed by atoms with E-state index in [9.17, 15) is 4.79 Å². The first-order chi connectivity index (χ1) is 13.5. The molecule has 0 unspecified atom stereocenters. The average molecular weight is 403 g/mol. The van der Waals surface area contributed by atoms with Crippen molar-refractivity contribution in [3.63, 3.8) is 0 Å². The fourth-order valence-corrected chi connectivity index (χ4v) is 3.74. The van der Waals surface area contributed by atoms with Crippen LogP contribution in [0.15, 0.2) is 48.5 Å². The number of hydrogen-bond donors (Lipinski definition) is 1. The van der Waals surface area contributed by atoms with Gasteiger partial charge in [-0.25, -0.2) is 0 Å². The molecule has 150 valence electrons. The maximum atomic E-state index is 13.3. The van der Waals surface area contributed by atoms with Gasteiger partial charge < -0.3 is 19.7 Å². The van der Waals surface area contributed by atoms with E-state index in [0.29, 0.717) is 37.7 Å². The number of rotatable bonds is 7. The van der Waals surface area contributed by atoms with Crippen LogP contribution in [0.25, 0.3) is 0 Å². The largest absolute Gasteiger partial charge is 0.492 e. The molecule has 1 aliphatic heterocycles. The van der Waals surface area contributed by atoms with E-state index < -0.39 is 5.41 Å². The predicted octanol–water partition coefficient (Wildman–Crippen LogP) is 3.97. The van der Waals surface area contributed by atoms with Gasteiger partial charge in [-0.3, -0.25) is 4.79 Å². The first kappa shape index (κ1) is 20.6. The fraction of sp³-hybridized carbons (Fsp3) is 0.409. The van der Waals surface area contributed by atoms with Crippen molar-refractivity contribution in [3.8, 4) is 5.75 Å². The fourth-order valence-electron chi connectivity index (χ4n) is 3.42. The van der Waals surface area contributed by atoms with E-state index in [1.54, 1.807) is 0 Å². The molecule has 0 saturated carbocycles. The van der Waals surface area contributed by atoms with Crippen LogP contribution in [0.4, 0.5) is 5.69 Å². The molecule has 1 fully saturated rings. The zero-order valence-electron chi connectivity index (χ0n) is 16.4. The van der Waals surface area contributed by atoms with Crippen molar-refractivity contribution in [3.05, 3.63) is 59.1 Å². The topological polar surface area (TPSA) is 50.8 Å². The number of halogens is 1. The smallest absolute Gasteiger partial charge is 0.235 e. The molecule has 0 atom stereocenters. The van der Waals surface area contributed by atoms with Gasteiger partial charge in [0.05, 0.1) is 5.41 Å². The van der Waals surface area contributed by atoms with Crippen LogP contribution in [-0.4, -0.2) is 51.3 Å². The molecule has 3 rings (SSSR count). The van der Waals surface area contributed by atoms with Crippen LogP contribution < -0.4 is 10.1 Å². The third kappa shape index (κ3) is 4.85. The lowest BCUT2D eigenvalue weighted by Crippen LogP contribution is -2.45. The quantitative estimate of drug-likeness (QED) is 0.761. The Kier molecular flexibility index (Phi) is 6.94. The minimum atomic E-state index is -0.683. The second-order valence-corrected chi connectivity index (χ2v) is 7.71. The summed E-state index contributed by atoms with van der Waals surface area (Å²) >= 11 is 6.44. The molecule has 2 aromatic carbocycles. The van der Waals surface area contributed by atoms with Crippen molar-refractivity contribution in [1.82, 2.24) is 4.90 Å². The van der Waals surface area contributed by atoms with Gasteiger partial charge in [-0.1, -0.05) is 29.8 Å². The van der Waals surface area contributed by atoms with Crippen molar-refractivity contribution in [1.29, 1.82) is 0 Å². The molecule has 0 radical (unpaired) electrons. The molecule has 1 aliphatic rings. The van der Waals surface area contributed by atoms with E-state index >= 15 is 0 Å². The molecule has 0 bridgehead atoms.